The predicted octanol–water partition coefficient (Wildman–Crippen LogP) is 3.62. The zero-order valence-corrected chi connectivity index (χ0v) is 22.8. The molecule has 210 valence electrons. The summed E-state index contributed by atoms with van der Waals surface area (Å²) in [5.41, 5.74) is -1.05. The van der Waals surface area contributed by atoms with Crippen LogP contribution in [0.3, 0.4) is 0 Å². The van der Waals surface area contributed by atoms with Gasteiger partial charge in [0.05, 0.1) is 18.1 Å². The maximum absolute atomic E-state index is 14.9. The fourth-order valence-electron chi connectivity index (χ4n) is 4.89. The SMILES string of the molecule is COc1ccc2c(c1F)C(=O)N(CC[C@@]1(c3cc4c(C)nccc4o3)NC(=O)N(COC(=O)C(C)(C)C)C1=O)C2. The Morgan fingerprint density at radius 3 is 2.65 bits per heavy atom. The molecule has 2 aromatic heterocycles. The van der Waals surface area contributed by atoms with Crippen molar-refractivity contribution in [2.75, 3.05) is 20.4 Å². The molecule has 1 N–H and O–H groups in total. The van der Waals surface area contributed by atoms with Gasteiger partial charge in [0.25, 0.3) is 11.8 Å². The van der Waals surface area contributed by atoms with Crippen LogP contribution in [-0.4, -0.2) is 59.0 Å². The van der Waals surface area contributed by atoms with Crippen molar-refractivity contribution in [1.29, 1.82) is 0 Å². The van der Waals surface area contributed by atoms with E-state index >= 15 is 0 Å². The summed E-state index contributed by atoms with van der Waals surface area (Å²) in [6.07, 6.45) is 1.47. The van der Waals surface area contributed by atoms with E-state index in [2.05, 4.69) is 10.3 Å². The number of aromatic nitrogens is 1. The number of urea groups is 1. The van der Waals surface area contributed by atoms with E-state index in [4.69, 9.17) is 13.9 Å². The number of carbonyl (C=O) groups is 4. The lowest BCUT2D eigenvalue weighted by Gasteiger charge is -2.27. The molecule has 3 aromatic rings. The highest BCUT2D eigenvalue weighted by atomic mass is 19.1. The number of hydrogen-bond donors (Lipinski definition) is 1. The number of halogens is 1. The number of nitrogens with one attached hydrogen (secondary N) is 1. The van der Waals surface area contributed by atoms with Crippen LogP contribution in [0.2, 0.25) is 0 Å². The third-order valence-electron chi connectivity index (χ3n) is 7.21. The van der Waals surface area contributed by atoms with Gasteiger partial charge in [-0.05, 0) is 51.5 Å². The van der Waals surface area contributed by atoms with E-state index in [1.54, 1.807) is 52.1 Å². The fourth-order valence-corrected chi connectivity index (χ4v) is 4.89. The van der Waals surface area contributed by atoms with Gasteiger partial charge >= 0.3 is 12.0 Å². The molecular weight excluding hydrogens is 523 g/mol. The summed E-state index contributed by atoms with van der Waals surface area (Å²) >= 11 is 0. The number of imide groups is 1. The second kappa shape index (κ2) is 9.61. The molecule has 0 aliphatic carbocycles. The van der Waals surface area contributed by atoms with E-state index in [1.165, 1.54) is 18.1 Å². The first kappa shape index (κ1) is 27.1. The van der Waals surface area contributed by atoms with Crippen molar-refractivity contribution in [3.8, 4) is 5.75 Å². The maximum Gasteiger partial charge on any atom is 0.328 e. The summed E-state index contributed by atoms with van der Waals surface area (Å²) < 4.78 is 31.2. The molecule has 2 aliphatic rings. The number of furan rings is 1. The first-order valence-electron chi connectivity index (χ1n) is 12.7. The lowest BCUT2D eigenvalue weighted by molar-refractivity contribution is -0.158. The predicted molar refractivity (Wildman–Crippen MR) is 139 cm³/mol. The molecule has 4 heterocycles. The van der Waals surface area contributed by atoms with Gasteiger partial charge in [-0.3, -0.25) is 19.4 Å². The molecule has 1 atom stereocenters. The van der Waals surface area contributed by atoms with E-state index in [9.17, 15) is 23.6 Å². The Morgan fingerprint density at radius 2 is 1.98 bits per heavy atom. The molecular formula is C28H29FN4O7. The molecule has 5 rings (SSSR count). The number of methoxy groups -OCH3 is 1. The number of esters is 1. The van der Waals surface area contributed by atoms with E-state index in [1.807, 2.05) is 0 Å². The number of carbonyl (C=O) groups excluding carboxylic acids is 4. The first-order chi connectivity index (χ1) is 18.9. The van der Waals surface area contributed by atoms with Gasteiger partial charge in [0, 0.05) is 36.8 Å². The number of aryl methyl sites for hydroxylation is 1. The van der Waals surface area contributed by atoms with Gasteiger partial charge in [-0.15, -0.1) is 0 Å². The van der Waals surface area contributed by atoms with Crippen molar-refractivity contribution in [2.24, 2.45) is 5.41 Å². The molecule has 0 radical (unpaired) electrons. The monoisotopic (exact) mass is 552 g/mol. The summed E-state index contributed by atoms with van der Waals surface area (Å²) in [5, 5.41) is 3.36. The molecule has 0 spiro atoms. The number of rotatable bonds is 7. The van der Waals surface area contributed by atoms with Crippen LogP contribution in [0.4, 0.5) is 9.18 Å². The molecule has 2 aliphatic heterocycles. The lowest BCUT2D eigenvalue weighted by Crippen LogP contribution is -2.46. The molecule has 1 aromatic carbocycles. The Hall–Kier alpha value is -4.48. The maximum atomic E-state index is 14.9. The van der Waals surface area contributed by atoms with Gasteiger partial charge in [0.2, 0.25) is 0 Å². The van der Waals surface area contributed by atoms with Crippen LogP contribution in [-0.2, 0) is 26.4 Å². The number of pyridine rings is 1. The van der Waals surface area contributed by atoms with Gasteiger partial charge in [0.15, 0.2) is 23.8 Å². The number of hydrogen-bond acceptors (Lipinski definition) is 8. The van der Waals surface area contributed by atoms with Crippen molar-refractivity contribution in [2.45, 2.75) is 46.2 Å². The van der Waals surface area contributed by atoms with Gasteiger partial charge in [-0.1, -0.05) is 6.07 Å². The van der Waals surface area contributed by atoms with Crippen molar-refractivity contribution < 1.29 is 37.5 Å². The molecule has 40 heavy (non-hydrogen) atoms. The van der Waals surface area contributed by atoms with Crippen LogP contribution in [0, 0.1) is 18.2 Å². The van der Waals surface area contributed by atoms with Crippen LogP contribution in [0.15, 0.2) is 34.9 Å². The summed E-state index contributed by atoms with van der Waals surface area (Å²) in [5.74, 6) is -2.51. The van der Waals surface area contributed by atoms with E-state index in [-0.39, 0.29) is 36.6 Å². The highest BCUT2D eigenvalue weighted by Crippen LogP contribution is 2.38. The summed E-state index contributed by atoms with van der Waals surface area (Å²) in [7, 11) is 1.31. The zero-order valence-electron chi connectivity index (χ0n) is 22.8. The number of fused-ring (bicyclic) bond motifs is 2. The van der Waals surface area contributed by atoms with E-state index in [0.29, 0.717) is 22.2 Å². The van der Waals surface area contributed by atoms with Gasteiger partial charge in [-0.25, -0.2) is 14.1 Å². The average Bonchev–Trinajstić information content (AvgIpc) is 3.55. The smallest absolute Gasteiger partial charge is 0.328 e. The third kappa shape index (κ3) is 4.33. The van der Waals surface area contributed by atoms with Crippen molar-refractivity contribution in [3.63, 3.8) is 0 Å². The second-order valence-corrected chi connectivity index (χ2v) is 10.9. The minimum atomic E-state index is -1.72. The Bertz CT molecular complexity index is 1560. The van der Waals surface area contributed by atoms with Crippen LogP contribution in [0.5, 0.6) is 5.75 Å². The zero-order chi connectivity index (χ0) is 29.0. The Labute approximate surface area is 229 Å². The Morgan fingerprint density at radius 1 is 1.23 bits per heavy atom. The van der Waals surface area contributed by atoms with Crippen molar-refractivity contribution in [1.82, 2.24) is 20.1 Å². The Kier molecular flexibility index (Phi) is 6.51. The van der Waals surface area contributed by atoms with Gasteiger partial charge in [0.1, 0.15) is 11.3 Å². The number of amides is 4. The number of benzene rings is 1. The molecule has 0 unspecified atom stereocenters. The van der Waals surface area contributed by atoms with E-state index < -0.39 is 47.3 Å². The molecule has 1 saturated heterocycles. The minimum absolute atomic E-state index is 0.0226. The first-order valence-corrected chi connectivity index (χ1v) is 12.7. The second-order valence-electron chi connectivity index (χ2n) is 10.9. The Balaban J connectivity index is 1.47. The van der Waals surface area contributed by atoms with Crippen LogP contribution in [0.25, 0.3) is 11.0 Å². The van der Waals surface area contributed by atoms with Crippen LogP contribution in [0.1, 0.15) is 54.6 Å². The fraction of sp³-hybridized carbons (Fsp3) is 0.393. The average molecular weight is 553 g/mol. The largest absolute Gasteiger partial charge is 0.494 e. The summed E-state index contributed by atoms with van der Waals surface area (Å²) in [4.78, 5) is 58.9. The number of nitrogens with zero attached hydrogens (tertiary/aromatic N) is 3. The molecule has 1 fully saturated rings. The molecule has 0 bridgehead atoms. The van der Waals surface area contributed by atoms with Gasteiger partial charge < -0.3 is 24.1 Å². The quantitative estimate of drug-likeness (QED) is 0.347. The minimum Gasteiger partial charge on any atom is -0.494 e. The van der Waals surface area contributed by atoms with Gasteiger partial charge in [-0.2, -0.15) is 0 Å². The third-order valence-corrected chi connectivity index (χ3v) is 7.21. The summed E-state index contributed by atoms with van der Waals surface area (Å²) in [6.45, 7) is 6.24. The summed E-state index contributed by atoms with van der Waals surface area (Å²) in [6, 6.07) is 5.56. The molecule has 11 nitrogen and oxygen atoms in total. The van der Waals surface area contributed by atoms with Crippen LogP contribution < -0.4 is 10.1 Å². The molecule has 12 heteroatoms. The van der Waals surface area contributed by atoms with Crippen molar-refractivity contribution in [3.05, 3.63) is 58.9 Å². The standard InChI is InChI=1S/C28H29FN4O7/c1-15-17-12-20(40-18(17)8-10-30-15)28(24(35)33(26(37)31-28)14-39-25(36)27(2,3)4)9-11-32-13-16-6-7-19(38-5)22(29)21(16)23(32)34/h6-8,10,12H,9,11,13-14H2,1-5H3,(H,31,37)/t28-/m0/s1. The van der Waals surface area contributed by atoms with Crippen LogP contribution >= 0.6 is 0 Å². The highest BCUT2D eigenvalue weighted by molar-refractivity contribution is 6.07. The van der Waals surface area contributed by atoms with E-state index in [0.717, 1.165) is 4.90 Å². The highest BCUT2D eigenvalue weighted by Gasteiger charge is 2.55. The molecule has 4 amide bonds. The topological polar surface area (TPSA) is 131 Å². The normalized spacial score (nSPS) is 18.9. The van der Waals surface area contributed by atoms with Crippen molar-refractivity contribution >= 4 is 34.8 Å². The molecule has 0 saturated carbocycles. The number of ether oxygens (including phenoxy) is 2. The lowest BCUT2D eigenvalue weighted by atomic mass is 9.91.